The summed E-state index contributed by atoms with van der Waals surface area (Å²) in [5.41, 5.74) is 3.70. The zero-order valence-electron chi connectivity index (χ0n) is 7.21. The minimum Gasteiger partial charge on any atom is -0.249 e. The average Bonchev–Trinajstić information content (AvgIpc) is 2.78. The molecule has 0 fully saturated rings. The van der Waals surface area contributed by atoms with Gasteiger partial charge in [0.25, 0.3) is 0 Å². The summed E-state index contributed by atoms with van der Waals surface area (Å²) in [5.74, 6) is 1.53. The van der Waals surface area contributed by atoms with Crippen molar-refractivity contribution in [3.05, 3.63) is 28.9 Å². The molecule has 0 aromatic carbocycles. The Balaban J connectivity index is 1.84. The number of hydrogen-bond donors (Lipinski definition) is 0. The quantitative estimate of drug-likeness (QED) is 0.716. The summed E-state index contributed by atoms with van der Waals surface area (Å²) in [6.45, 7) is 0. The number of aliphatic imine (C=N–C) groups is 3. The van der Waals surface area contributed by atoms with E-state index in [4.69, 9.17) is 0 Å². The summed E-state index contributed by atoms with van der Waals surface area (Å²) in [4.78, 5) is 16.9. The fourth-order valence-corrected chi connectivity index (χ4v) is 1.90. The molecule has 1 aromatic rings. The van der Waals surface area contributed by atoms with Gasteiger partial charge in [-0.15, -0.1) is 11.3 Å². The van der Waals surface area contributed by atoms with Crippen LogP contribution < -0.4 is 0 Å². The monoisotopic (exact) mass is 202 g/mol. The normalized spacial score (nSPS) is 17.9. The average molecular weight is 202 g/mol. The van der Waals surface area contributed by atoms with Gasteiger partial charge in [-0.2, -0.15) is 0 Å². The van der Waals surface area contributed by atoms with E-state index in [0.29, 0.717) is 6.42 Å². The van der Waals surface area contributed by atoms with Crippen molar-refractivity contribution < 1.29 is 0 Å². The van der Waals surface area contributed by atoms with Crippen LogP contribution in [-0.4, -0.2) is 22.4 Å². The summed E-state index contributed by atoms with van der Waals surface area (Å²) < 4.78 is 0. The first kappa shape index (κ1) is 7.75. The van der Waals surface area contributed by atoms with Crippen molar-refractivity contribution in [3.8, 4) is 0 Å². The first-order chi connectivity index (χ1) is 6.92. The number of hydrogen-bond acceptors (Lipinski definition) is 5. The molecule has 4 nitrogen and oxygen atoms in total. The van der Waals surface area contributed by atoms with E-state index in [-0.39, 0.29) is 0 Å². The lowest BCUT2D eigenvalue weighted by molar-refractivity contribution is 1.18. The van der Waals surface area contributed by atoms with Gasteiger partial charge in [-0.1, -0.05) is 0 Å². The van der Waals surface area contributed by atoms with E-state index in [9.17, 15) is 0 Å². The second kappa shape index (κ2) is 2.95. The first-order valence-corrected chi connectivity index (χ1v) is 5.14. The largest absolute Gasteiger partial charge is 0.249 e. The molecule has 0 bridgehead atoms. The molecular formula is C9H6N4S. The molecule has 0 N–H and O–H groups in total. The van der Waals surface area contributed by atoms with Gasteiger partial charge in [0.15, 0.2) is 5.84 Å². The number of rotatable bonds is 2. The molecule has 0 unspecified atom stereocenters. The van der Waals surface area contributed by atoms with Gasteiger partial charge in [0.2, 0.25) is 0 Å². The van der Waals surface area contributed by atoms with Gasteiger partial charge in [0.05, 0.1) is 17.6 Å². The Morgan fingerprint density at radius 2 is 2.29 bits per heavy atom. The van der Waals surface area contributed by atoms with Crippen molar-refractivity contribution in [3.63, 3.8) is 0 Å². The fourth-order valence-electron chi connectivity index (χ4n) is 1.34. The Bertz CT molecular complexity index is 479. The van der Waals surface area contributed by atoms with E-state index in [1.54, 1.807) is 17.5 Å². The molecule has 1 aromatic heterocycles. The molecule has 0 amide bonds. The molecule has 2 aliphatic heterocycles. The number of nitrogens with zero attached hydrogens (tertiary/aromatic N) is 4. The van der Waals surface area contributed by atoms with Crippen LogP contribution in [0.25, 0.3) is 0 Å². The molecule has 0 radical (unpaired) electrons. The maximum atomic E-state index is 4.34. The second-order valence-electron chi connectivity index (χ2n) is 2.95. The summed E-state index contributed by atoms with van der Waals surface area (Å²) in [7, 11) is 0. The van der Waals surface area contributed by atoms with Crippen LogP contribution in [0.15, 0.2) is 38.1 Å². The summed E-state index contributed by atoms with van der Waals surface area (Å²) in [6, 6.07) is 0. The van der Waals surface area contributed by atoms with Crippen molar-refractivity contribution in [1.82, 2.24) is 4.98 Å². The van der Waals surface area contributed by atoms with Gasteiger partial charge in [0.1, 0.15) is 11.5 Å². The molecule has 3 rings (SSSR count). The molecule has 3 heterocycles. The maximum Gasteiger partial charge on any atom is 0.180 e. The molecule has 0 saturated heterocycles. The molecule has 0 aliphatic carbocycles. The standard InChI is InChI=1S/C9H6N4S/c1-2-10-9-7(1)12-8(13-9)3-6-4-14-5-11-6/h1-2,4-5H,3H2. The third-order valence-electron chi connectivity index (χ3n) is 1.97. The zero-order valence-corrected chi connectivity index (χ0v) is 8.03. The topological polar surface area (TPSA) is 50.0 Å². The molecule has 0 atom stereocenters. The van der Waals surface area contributed by atoms with Crippen LogP contribution >= 0.6 is 11.3 Å². The molecule has 14 heavy (non-hydrogen) atoms. The first-order valence-electron chi connectivity index (χ1n) is 4.20. The van der Waals surface area contributed by atoms with Crippen LogP contribution in [0.3, 0.4) is 0 Å². The van der Waals surface area contributed by atoms with E-state index >= 15 is 0 Å². The fraction of sp³-hybridized carbons (Fsp3) is 0.111. The van der Waals surface area contributed by atoms with Crippen molar-refractivity contribution in [2.24, 2.45) is 15.0 Å². The van der Waals surface area contributed by atoms with Gasteiger partial charge < -0.3 is 0 Å². The van der Waals surface area contributed by atoms with Crippen LogP contribution in [0.2, 0.25) is 0 Å². The van der Waals surface area contributed by atoms with Crippen LogP contribution in [0.4, 0.5) is 0 Å². The zero-order chi connectivity index (χ0) is 9.38. The lowest BCUT2D eigenvalue weighted by Gasteiger charge is -1.90. The second-order valence-corrected chi connectivity index (χ2v) is 3.67. The van der Waals surface area contributed by atoms with Crippen molar-refractivity contribution in [1.29, 1.82) is 0 Å². The lowest BCUT2D eigenvalue weighted by Crippen LogP contribution is -1.98. The Morgan fingerprint density at radius 1 is 1.29 bits per heavy atom. The van der Waals surface area contributed by atoms with Gasteiger partial charge in [-0.25, -0.2) is 20.0 Å². The van der Waals surface area contributed by atoms with Crippen molar-refractivity contribution in [2.45, 2.75) is 6.42 Å². The van der Waals surface area contributed by atoms with E-state index in [1.165, 1.54) is 0 Å². The lowest BCUT2D eigenvalue weighted by atomic mass is 10.3. The van der Waals surface area contributed by atoms with Crippen molar-refractivity contribution in [2.75, 3.05) is 0 Å². The van der Waals surface area contributed by atoms with Gasteiger partial charge in [0, 0.05) is 11.6 Å². The third-order valence-corrected chi connectivity index (χ3v) is 2.60. The minimum atomic E-state index is 0.694. The molecule has 0 spiro atoms. The number of aromatic nitrogens is 1. The van der Waals surface area contributed by atoms with Gasteiger partial charge >= 0.3 is 0 Å². The highest BCUT2D eigenvalue weighted by molar-refractivity contribution is 7.07. The van der Waals surface area contributed by atoms with Crippen LogP contribution in [0.1, 0.15) is 5.69 Å². The number of fused-ring (bicyclic) bond motifs is 1. The van der Waals surface area contributed by atoms with E-state index < -0.39 is 0 Å². The highest BCUT2D eigenvalue weighted by Gasteiger charge is 2.18. The molecule has 2 aliphatic rings. The highest BCUT2D eigenvalue weighted by atomic mass is 32.1. The summed E-state index contributed by atoms with van der Waals surface area (Å²) in [6.07, 6.45) is 4.28. The van der Waals surface area contributed by atoms with Crippen molar-refractivity contribution >= 4 is 28.7 Å². The Labute approximate surface area is 84.5 Å². The highest BCUT2D eigenvalue weighted by Crippen LogP contribution is 2.11. The smallest absolute Gasteiger partial charge is 0.180 e. The van der Waals surface area contributed by atoms with Gasteiger partial charge in [-0.05, 0) is 6.08 Å². The molecule has 68 valence electrons. The van der Waals surface area contributed by atoms with Gasteiger partial charge in [-0.3, -0.25) is 0 Å². The predicted octanol–water partition coefficient (Wildman–Crippen LogP) is 1.46. The Morgan fingerprint density at radius 3 is 3.07 bits per heavy atom. The van der Waals surface area contributed by atoms with E-state index in [2.05, 4.69) is 20.0 Å². The minimum absolute atomic E-state index is 0.694. The Hall–Kier alpha value is -1.62. The Kier molecular flexibility index (Phi) is 1.63. The molecule has 5 heteroatoms. The third kappa shape index (κ3) is 1.22. The van der Waals surface area contributed by atoms with Crippen LogP contribution in [0.5, 0.6) is 0 Å². The van der Waals surface area contributed by atoms with Crippen LogP contribution in [-0.2, 0) is 6.42 Å². The SMILES string of the molecule is C1=CC2=NC(Cc3cscn3)=NC2=N1. The predicted molar refractivity (Wildman–Crippen MR) is 57.3 cm³/mol. The number of amidine groups is 2. The maximum absolute atomic E-state index is 4.34. The molecular weight excluding hydrogens is 196 g/mol. The van der Waals surface area contributed by atoms with Crippen LogP contribution in [0, 0.1) is 0 Å². The van der Waals surface area contributed by atoms with E-state index in [0.717, 1.165) is 23.1 Å². The summed E-state index contributed by atoms with van der Waals surface area (Å²) in [5, 5.41) is 2.01. The van der Waals surface area contributed by atoms with E-state index in [1.807, 2.05) is 17.0 Å². The number of thiazole rings is 1. The summed E-state index contributed by atoms with van der Waals surface area (Å²) >= 11 is 1.59. The molecule has 0 saturated carbocycles.